The summed E-state index contributed by atoms with van der Waals surface area (Å²) < 4.78 is 10.5. The molecule has 14 heavy (non-hydrogen) atoms. The van der Waals surface area contributed by atoms with Crippen molar-refractivity contribution in [1.29, 1.82) is 0 Å². The summed E-state index contributed by atoms with van der Waals surface area (Å²) in [5, 5.41) is 3.01. The molecule has 0 aromatic rings. The van der Waals surface area contributed by atoms with Gasteiger partial charge in [0.25, 0.3) is 0 Å². The van der Waals surface area contributed by atoms with Crippen LogP contribution in [-0.4, -0.2) is 30.9 Å². The summed E-state index contributed by atoms with van der Waals surface area (Å²) in [7, 11) is 0. The standard InChI is InChI=1S/C10H19NO3/c1-10(2,3)14-9(12)8-5-4-6-13-7-11-8/h8,11H,4-7H2,1-3H3. The minimum Gasteiger partial charge on any atom is -0.459 e. The maximum absolute atomic E-state index is 11.6. The molecule has 0 amide bonds. The number of esters is 1. The van der Waals surface area contributed by atoms with Crippen LogP contribution in [0, 0.1) is 0 Å². The number of hydrogen-bond donors (Lipinski definition) is 1. The number of carbonyl (C=O) groups excluding carboxylic acids is 1. The third kappa shape index (κ3) is 4.07. The van der Waals surface area contributed by atoms with Crippen LogP contribution >= 0.6 is 0 Å². The molecule has 1 heterocycles. The lowest BCUT2D eigenvalue weighted by molar-refractivity contribution is -0.157. The first-order valence-electron chi connectivity index (χ1n) is 5.03. The SMILES string of the molecule is CC(C)(C)OC(=O)C1CCCOCN1. The predicted octanol–water partition coefficient (Wildman–Crippen LogP) is 1.05. The van der Waals surface area contributed by atoms with Gasteiger partial charge in [-0.1, -0.05) is 0 Å². The molecule has 0 aromatic heterocycles. The second-order valence-electron chi connectivity index (χ2n) is 4.48. The van der Waals surface area contributed by atoms with Crippen LogP contribution in [0.2, 0.25) is 0 Å². The highest BCUT2D eigenvalue weighted by Gasteiger charge is 2.25. The first-order valence-corrected chi connectivity index (χ1v) is 5.03. The van der Waals surface area contributed by atoms with Crippen molar-refractivity contribution in [3.63, 3.8) is 0 Å². The van der Waals surface area contributed by atoms with Gasteiger partial charge in [0.1, 0.15) is 11.6 Å². The van der Waals surface area contributed by atoms with Gasteiger partial charge in [0.2, 0.25) is 0 Å². The van der Waals surface area contributed by atoms with Gasteiger partial charge in [-0.3, -0.25) is 10.1 Å². The smallest absolute Gasteiger partial charge is 0.323 e. The quantitative estimate of drug-likeness (QED) is 0.644. The molecule has 0 bridgehead atoms. The zero-order chi connectivity index (χ0) is 10.6. The Balaban J connectivity index is 2.42. The maximum Gasteiger partial charge on any atom is 0.323 e. The van der Waals surface area contributed by atoms with E-state index in [0.29, 0.717) is 13.3 Å². The van der Waals surface area contributed by atoms with Gasteiger partial charge < -0.3 is 9.47 Å². The molecule has 82 valence electrons. The van der Waals surface area contributed by atoms with Crippen molar-refractivity contribution in [2.24, 2.45) is 0 Å². The highest BCUT2D eigenvalue weighted by atomic mass is 16.6. The molecular formula is C10H19NO3. The molecule has 1 aliphatic rings. The van der Waals surface area contributed by atoms with Crippen molar-refractivity contribution in [3.05, 3.63) is 0 Å². The molecule has 0 saturated carbocycles. The molecule has 1 saturated heterocycles. The summed E-state index contributed by atoms with van der Waals surface area (Å²) in [6, 6.07) is -0.211. The van der Waals surface area contributed by atoms with E-state index in [1.165, 1.54) is 0 Å². The van der Waals surface area contributed by atoms with Crippen LogP contribution in [-0.2, 0) is 14.3 Å². The van der Waals surface area contributed by atoms with Crippen molar-refractivity contribution < 1.29 is 14.3 Å². The van der Waals surface area contributed by atoms with Gasteiger partial charge >= 0.3 is 5.97 Å². The van der Waals surface area contributed by atoms with E-state index in [9.17, 15) is 4.79 Å². The fraction of sp³-hybridized carbons (Fsp3) is 0.900. The van der Waals surface area contributed by atoms with Crippen molar-refractivity contribution in [2.75, 3.05) is 13.3 Å². The third-order valence-corrected chi connectivity index (χ3v) is 1.90. The predicted molar refractivity (Wildman–Crippen MR) is 52.8 cm³/mol. The highest BCUT2D eigenvalue weighted by molar-refractivity contribution is 5.76. The molecule has 1 atom stereocenters. The summed E-state index contributed by atoms with van der Waals surface area (Å²) in [4.78, 5) is 11.6. The van der Waals surface area contributed by atoms with Crippen molar-refractivity contribution in [2.45, 2.75) is 45.3 Å². The van der Waals surface area contributed by atoms with E-state index in [1.807, 2.05) is 20.8 Å². The Kier molecular flexibility index (Phi) is 3.89. The Morgan fingerprint density at radius 1 is 1.50 bits per heavy atom. The molecule has 0 aliphatic carbocycles. The highest BCUT2D eigenvalue weighted by Crippen LogP contribution is 2.11. The van der Waals surface area contributed by atoms with Crippen molar-refractivity contribution in [1.82, 2.24) is 5.32 Å². The van der Waals surface area contributed by atoms with Crippen molar-refractivity contribution in [3.8, 4) is 0 Å². The van der Waals surface area contributed by atoms with E-state index < -0.39 is 5.60 Å². The Morgan fingerprint density at radius 3 is 2.86 bits per heavy atom. The molecular weight excluding hydrogens is 182 g/mol. The molecule has 1 fully saturated rings. The Hall–Kier alpha value is -0.610. The second-order valence-corrected chi connectivity index (χ2v) is 4.48. The molecule has 1 N–H and O–H groups in total. The number of ether oxygens (including phenoxy) is 2. The van der Waals surface area contributed by atoms with Crippen LogP contribution in [0.25, 0.3) is 0 Å². The van der Waals surface area contributed by atoms with E-state index >= 15 is 0 Å². The van der Waals surface area contributed by atoms with Gasteiger partial charge in [-0.2, -0.15) is 0 Å². The molecule has 1 rings (SSSR count). The van der Waals surface area contributed by atoms with Crippen LogP contribution in [0.5, 0.6) is 0 Å². The Bertz CT molecular complexity index is 190. The molecule has 1 unspecified atom stereocenters. The number of nitrogens with one attached hydrogen (secondary N) is 1. The van der Waals surface area contributed by atoms with Crippen LogP contribution in [0.15, 0.2) is 0 Å². The van der Waals surface area contributed by atoms with Crippen LogP contribution in [0.3, 0.4) is 0 Å². The molecule has 0 aromatic carbocycles. The van der Waals surface area contributed by atoms with Gasteiger partial charge in [-0.25, -0.2) is 0 Å². The minimum absolute atomic E-state index is 0.178. The number of hydrogen-bond acceptors (Lipinski definition) is 4. The van der Waals surface area contributed by atoms with Crippen LogP contribution in [0.4, 0.5) is 0 Å². The average Bonchev–Trinajstić information content (AvgIpc) is 2.27. The summed E-state index contributed by atoms with van der Waals surface area (Å²) in [5.74, 6) is -0.178. The topological polar surface area (TPSA) is 47.6 Å². The molecule has 0 spiro atoms. The van der Waals surface area contributed by atoms with Gasteiger partial charge in [0, 0.05) is 6.61 Å². The monoisotopic (exact) mass is 201 g/mol. The Morgan fingerprint density at radius 2 is 2.21 bits per heavy atom. The molecule has 0 radical (unpaired) electrons. The first-order chi connectivity index (χ1) is 6.49. The van der Waals surface area contributed by atoms with E-state index in [-0.39, 0.29) is 12.0 Å². The fourth-order valence-electron chi connectivity index (χ4n) is 1.30. The Labute approximate surface area is 85.0 Å². The lowest BCUT2D eigenvalue weighted by Gasteiger charge is -2.23. The van der Waals surface area contributed by atoms with Gasteiger partial charge in [-0.05, 0) is 33.6 Å². The lowest BCUT2D eigenvalue weighted by Crippen LogP contribution is -2.40. The minimum atomic E-state index is -0.411. The third-order valence-electron chi connectivity index (χ3n) is 1.90. The van der Waals surface area contributed by atoms with Crippen molar-refractivity contribution >= 4 is 5.97 Å². The van der Waals surface area contributed by atoms with Crippen LogP contribution in [0.1, 0.15) is 33.6 Å². The summed E-state index contributed by atoms with van der Waals surface area (Å²) >= 11 is 0. The molecule has 4 heteroatoms. The number of carbonyl (C=O) groups is 1. The van der Waals surface area contributed by atoms with Crippen LogP contribution < -0.4 is 5.32 Å². The van der Waals surface area contributed by atoms with E-state index in [4.69, 9.17) is 9.47 Å². The molecule has 4 nitrogen and oxygen atoms in total. The first kappa shape index (κ1) is 11.5. The maximum atomic E-state index is 11.6. The second kappa shape index (κ2) is 4.75. The van der Waals surface area contributed by atoms with E-state index in [0.717, 1.165) is 12.8 Å². The lowest BCUT2D eigenvalue weighted by atomic mass is 10.1. The molecule has 1 aliphatic heterocycles. The average molecular weight is 201 g/mol. The van der Waals surface area contributed by atoms with E-state index in [2.05, 4.69) is 5.32 Å². The fourth-order valence-corrected chi connectivity index (χ4v) is 1.30. The van der Waals surface area contributed by atoms with E-state index in [1.54, 1.807) is 0 Å². The summed E-state index contributed by atoms with van der Waals surface area (Å²) in [6.07, 6.45) is 1.69. The number of rotatable bonds is 1. The zero-order valence-corrected chi connectivity index (χ0v) is 9.13. The van der Waals surface area contributed by atoms with Gasteiger partial charge in [0.15, 0.2) is 0 Å². The summed E-state index contributed by atoms with van der Waals surface area (Å²) in [5.41, 5.74) is -0.411. The zero-order valence-electron chi connectivity index (χ0n) is 9.13. The van der Waals surface area contributed by atoms with Gasteiger partial charge in [0.05, 0.1) is 6.73 Å². The largest absolute Gasteiger partial charge is 0.459 e. The normalized spacial score (nSPS) is 24.1. The summed E-state index contributed by atoms with van der Waals surface area (Å²) in [6.45, 7) is 6.77. The van der Waals surface area contributed by atoms with Gasteiger partial charge in [-0.15, -0.1) is 0 Å².